The lowest BCUT2D eigenvalue weighted by molar-refractivity contribution is 2.17. The summed E-state index contributed by atoms with van der Waals surface area (Å²) in [5.41, 5.74) is 0. The first-order valence-corrected chi connectivity index (χ1v) is 5.44. The summed E-state index contributed by atoms with van der Waals surface area (Å²) < 4.78 is 1.13. The topological polar surface area (TPSA) is 0 Å². The number of rotatable bonds is 0. The van der Waals surface area contributed by atoms with Gasteiger partial charge in [0.05, 0.1) is 4.20 Å². The number of hydrogen-bond acceptors (Lipinski definition) is 4. The maximum atomic E-state index is 4.84. The quantitative estimate of drug-likeness (QED) is 0.388. The molecule has 0 bridgehead atoms. The van der Waals surface area contributed by atoms with Crippen molar-refractivity contribution in [1.82, 2.24) is 0 Å². The Morgan fingerprint density at radius 2 is 2.50 bits per heavy atom. The molecule has 6 heavy (non-hydrogen) atoms. The van der Waals surface area contributed by atoms with Gasteiger partial charge >= 0.3 is 0 Å². The van der Waals surface area contributed by atoms with E-state index >= 15 is 0 Å². The molecule has 4 heteroatoms. The highest BCUT2D eigenvalue weighted by Crippen LogP contribution is 2.43. The summed E-state index contributed by atoms with van der Waals surface area (Å²) >= 11 is 4.84. The van der Waals surface area contributed by atoms with E-state index in [-0.39, 0.29) is 0 Å². The first-order valence-electron chi connectivity index (χ1n) is 1.38. The van der Waals surface area contributed by atoms with E-state index in [1.807, 2.05) is 10.8 Å². The molecule has 0 aromatic rings. The summed E-state index contributed by atoms with van der Waals surface area (Å²) in [6.07, 6.45) is 0. The Morgan fingerprint density at radius 1 is 1.67 bits per heavy atom. The van der Waals surface area contributed by atoms with Crippen molar-refractivity contribution < 1.29 is 0 Å². The lowest BCUT2D eigenvalue weighted by atomic mass is 11.0. The molecular formula is C2H2S4. The molecule has 0 unspecified atom stereocenters. The minimum absolute atomic E-state index is 1.06. The molecule has 0 atom stereocenters. The van der Waals surface area contributed by atoms with Gasteiger partial charge in [0.1, 0.15) is 0 Å². The second kappa shape index (κ2) is 2.45. The molecular weight excluding hydrogens is 152 g/mol. The van der Waals surface area contributed by atoms with E-state index in [0.717, 1.165) is 9.95 Å². The Balaban J connectivity index is 2.37. The number of thiocarbonyl (C=S) groups is 1. The standard InChI is InChI=1S/C2H2S4/c3-2-1-4-6-5-2/h1H2. The van der Waals surface area contributed by atoms with E-state index in [1.165, 1.54) is 0 Å². The lowest BCUT2D eigenvalue weighted by Crippen LogP contribution is -1.77. The minimum atomic E-state index is 1.06. The Hall–Kier alpha value is 1.14. The van der Waals surface area contributed by atoms with Gasteiger partial charge in [0.25, 0.3) is 0 Å². The maximum Gasteiger partial charge on any atom is 0.0703 e. The first-order chi connectivity index (χ1) is 2.89. The molecule has 0 saturated carbocycles. The van der Waals surface area contributed by atoms with E-state index < -0.39 is 0 Å². The smallest absolute Gasteiger partial charge is 0.0703 e. The molecule has 0 radical (unpaired) electrons. The SMILES string of the molecule is S=C1CSSS1. The van der Waals surface area contributed by atoms with Crippen LogP contribution in [-0.2, 0) is 0 Å². The van der Waals surface area contributed by atoms with Crippen LogP contribution in [0.25, 0.3) is 0 Å². The van der Waals surface area contributed by atoms with Gasteiger partial charge in [0, 0.05) is 5.75 Å². The predicted octanol–water partition coefficient (Wildman–Crippen LogP) is 2.36. The van der Waals surface area contributed by atoms with Gasteiger partial charge < -0.3 is 0 Å². The molecule has 0 nitrogen and oxygen atoms in total. The average molecular weight is 154 g/mol. The third kappa shape index (κ3) is 1.33. The van der Waals surface area contributed by atoms with Gasteiger partial charge in [-0.05, 0) is 20.6 Å². The van der Waals surface area contributed by atoms with E-state index in [2.05, 4.69) is 0 Å². The summed E-state index contributed by atoms with van der Waals surface area (Å²) in [6.45, 7) is 0. The van der Waals surface area contributed by atoms with Crippen molar-refractivity contribution in [3.05, 3.63) is 0 Å². The fraction of sp³-hybridized carbons (Fsp3) is 0.500. The van der Waals surface area contributed by atoms with Crippen LogP contribution in [0.15, 0.2) is 0 Å². The van der Waals surface area contributed by atoms with E-state index in [4.69, 9.17) is 12.2 Å². The van der Waals surface area contributed by atoms with Crippen molar-refractivity contribution in [2.45, 2.75) is 0 Å². The lowest BCUT2D eigenvalue weighted by Gasteiger charge is -1.72. The van der Waals surface area contributed by atoms with Gasteiger partial charge in [-0.25, -0.2) is 0 Å². The highest BCUT2D eigenvalue weighted by atomic mass is 33.5. The summed E-state index contributed by atoms with van der Waals surface area (Å²) in [7, 11) is 5.30. The maximum absolute atomic E-state index is 4.84. The molecule has 1 saturated heterocycles. The Bertz CT molecular complexity index is 59.9. The summed E-state index contributed by atoms with van der Waals surface area (Å²) in [5.74, 6) is 1.06. The minimum Gasteiger partial charge on any atom is -0.0759 e. The molecule has 0 aliphatic carbocycles. The summed E-state index contributed by atoms with van der Waals surface area (Å²) in [5, 5.41) is 0. The molecule has 0 aromatic carbocycles. The van der Waals surface area contributed by atoms with Crippen molar-refractivity contribution in [2.24, 2.45) is 0 Å². The van der Waals surface area contributed by atoms with Crippen molar-refractivity contribution >= 4 is 47.8 Å². The van der Waals surface area contributed by atoms with E-state index in [9.17, 15) is 0 Å². The molecule has 0 amide bonds. The predicted molar refractivity (Wildman–Crippen MR) is 40.2 cm³/mol. The van der Waals surface area contributed by atoms with Crippen LogP contribution < -0.4 is 0 Å². The van der Waals surface area contributed by atoms with Crippen LogP contribution in [0.1, 0.15) is 0 Å². The van der Waals surface area contributed by atoms with Crippen LogP contribution in [0.2, 0.25) is 0 Å². The first kappa shape index (κ1) is 5.28. The van der Waals surface area contributed by atoms with Crippen LogP contribution in [0, 0.1) is 0 Å². The normalized spacial score (nSPS) is 22.3. The van der Waals surface area contributed by atoms with E-state index in [1.54, 1.807) is 20.6 Å². The van der Waals surface area contributed by atoms with Gasteiger partial charge in [-0.2, -0.15) is 0 Å². The Morgan fingerprint density at radius 3 is 2.67 bits per heavy atom. The molecule has 1 aliphatic rings. The second-order valence-corrected chi connectivity index (χ2v) is 5.70. The van der Waals surface area contributed by atoms with Crippen LogP contribution in [0.3, 0.4) is 0 Å². The van der Waals surface area contributed by atoms with Crippen molar-refractivity contribution in [3.8, 4) is 0 Å². The fourth-order valence-corrected chi connectivity index (χ4v) is 5.02. The number of hydrogen-bond donors (Lipinski definition) is 0. The van der Waals surface area contributed by atoms with Gasteiger partial charge in [-0.1, -0.05) is 23.0 Å². The van der Waals surface area contributed by atoms with Gasteiger partial charge in [-0.15, -0.1) is 0 Å². The zero-order valence-electron chi connectivity index (χ0n) is 2.84. The molecule has 1 aliphatic heterocycles. The fourth-order valence-electron chi connectivity index (χ4n) is 0.158. The van der Waals surface area contributed by atoms with Gasteiger partial charge in [0.2, 0.25) is 0 Å². The van der Waals surface area contributed by atoms with E-state index in [0.29, 0.717) is 0 Å². The molecule has 1 heterocycles. The van der Waals surface area contributed by atoms with Gasteiger partial charge in [0.15, 0.2) is 0 Å². The van der Waals surface area contributed by atoms with Crippen LogP contribution in [-0.4, -0.2) is 9.95 Å². The highest BCUT2D eigenvalue weighted by molar-refractivity contribution is 9.14. The zero-order chi connectivity index (χ0) is 4.41. The van der Waals surface area contributed by atoms with Crippen molar-refractivity contribution in [2.75, 3.05) is 5.75 Å². The van der Waals surface area contributed by atoms with Crippen molar-refractivity contribution in [1.29, 1.82) is 0 Å². The zero-order valence-corrected chi connectivity index (χ0v) is 6.11. The molecule has 0 spiro atoms. The molecule has 1 rings (SSSR count). The summed E-state index contributed by atoms with van der Waals surface area (Å²) in [4.78, 5) is 0. The molecule has 0 aromatic heterocycles. The summed E-state index contributed by atoms with van der Waals surface area (Å²) in [6, 6.07) is 0. The van der Waals surface area contributed by atoms with Crippen LogP contribution in [0.5, 0.6) is 0 Å². The molecule has 34 valence electrons. The monoisotopic (exact) mass is 154 g/mol. The third-order valence-electron chi connectivity index (χ3n) is 0.352. The van der Waals surface area contributed by atoms with Gasteiger partial charge in [-0.3, -0.25) is 0 Å². The Labute approximate surface area is 53.6 Å². The molecule has 0 N–H and O–H groups in total. The highest BCUT2D eigenvalue weighted by Gasteiger charge is 2.06. The second-order valence-electron chi connectivity index (χ2n) is 0.786. The van der Waals surface area contributed by atoms with Crippen LogP contribution in [0.4, 0.5) is 0 Å². The average Bonchev–Trinajstić information content (AvgIpc) is 1.86. The third-order valence-corrected chi connectivity index (χ3v) is 5.26. The van der Waals surface area contributed by atoms with Crippen molar-refractivity contribution in [3.63, 3.8) is 0 Å². The molecule has 1 fully saturated rings. The Kier molecular flexibility index (Phi) is 2.15. The van der Waals surface area contributed by atoms with Crippen LogP contribution >= 0.6 is 43.6 Å². The largest absolute Gasteiger partial charge is 0.0759 e.